The third-order valence-electron chi connectivity index (χ3n) is 5.55. The maximum Gasteiger partial charge on any atom is 0.0611 e. The summed E-state index contributed by atoms with van der Waals surface area (Å²) in [5, 5.41) is 13.2. The number of rotatable bonds is 7. The van der Waals surface area contributed by atoms with Gasteiger partial charge in [0.25, 0.3) is 0 Å². The van der Waals surface area contributed by atoms with Gasteiger partial charge in [-0.1, -0.05) is 19.8 Å². The maximum atomic E-state index is 9.70. The van der Waals surface area contributed by atoms with Crippen molar-refractivity contribution in [2.45, 2.75) is 83.3 Å². The lowest BCUT2D eigenvalue weighted by atomic mass is 9.91. The second-order valence-electron chi connectivity index (χ2n) is 7.29. The Morgan fingerprint density at radius 1 is 1.25 bits per heavy atom. The highest BCUT2D eigenvalue weighted by Crippen LogP contribution is 2.37. The second kappa shape index (κ2) is 7.24. The lowest BCUT2D eigenvalue weighted by molar-refractivity contribution is 0.0909. The first-order valence-electron chi connectivity index (χ1n) is 8.71. The Balaban J connectivity index is 1.94. The van der Waals surface area contributed by atoms with Crippen LogP contribution in [0.1, 0.15) is 65.7 Å². The van der Waals surface area contributed by atoms with Crippen molar-refractivity contribution in [2.75, 3.05) is 19.7 Å². The highest BCUT2D eigenvalue weighted by Gasteiger charge is 2.37. The fourth-order valence-electron chi connectivity index (χ4n) is 4.60. The number of aliphatic hydroxyl groups is 1. The van der Waals surface area contributed by atoms with E-state index in [-0.39, 0.29) is 12.1 Å². The van der Waals surface area contributed by atoms with Gasteiger partial charge in [0, 0.05) is 17.6 Å². The SMILES string of the molecule is CCNC(C)(CO)CC(C)N1CCCC1C1CCCC1. The van der Waals surface area contributed by atoms with E-state index in [9.17, 15) is 5.11 Å². The summed E-state index contributed by atoms with van der Waals surface area (Å²) in [6.45, 7) is 9.06. The van der Waals surface area contributed by atoms with Gasteiger partial charge in [-0.15, -0.1) is 0 Å². The summed E-state index contributed by atoms with van der Waals surface area (Å²) in [4.78, 5) is 2.75. The third-order valence-corrected chi connectivity index (χ3v) is 5.55. The van der Waals surface area contributed by atoms with Crippen LogP contribution in [0, 0.1) is 5.92 Å². The van der Waals surface area contributed by atoms with E-state index < -0.39 is 0 Å². The van der Waals surface area contributed by atoms with Crippen LogP contribution in [0.2, 0.25) is 0 Å². The van der Waals surface area contributed by atoms with Gasteiger partial charge in [-0.25, -0.2) is 0 Å². The summed E-state index contributed by atoms with van der Waals surface area (Å²) >= 11 is 0. The van der Waals surface area contributed by atoms with Gasteiger partial charge >= 0.3 is 0 Å². The molecule has 0 spiro atoms. The zero-order valence-electron chi connectivity index (χ0n) is 13.7. The number of nitrogens with one attached hydrogen (secondary N) is 1. The molecule has 2 aliphatic rings. The summed E-state index contributed by atoms with van der Waals surface area (Å²) in [5.74, 6) is 0.944. The molecule has 1 aliphatic heterocycles. The normalized spacial score (nSPS) is 29.7. The van der Waals surface area contributed by atoms with Crippen molar-refractivity contribution in [3.8, 4) is 0 Å². The Kier molecular flexibility index (Phi) is 5.88. The smallest absolute Gasteiger partial charge is 0.0611 e. The Labute approximate surface area is 125 Å². The average Bonchev–Trinajstić information content (AvgIpc) is 3.09. The van der Waals surface area contributed by atoms with Gasteiger partial charge in [-0.05, 0) is 65.0 Å². The quantitative estimate of drug-likeness (QED) is 0.754. The van der Waals surface area contributed by atoms with E-state index in [4.69, 9.17) is 0 Å². The Bertz CT molecular complexity index is 291. The molecular weight excluding hydrogens is 248 g/mol. The summed E-state index contributed by atoms with van der Waals surface area (Å²) in [7, 11) is 0. The van der Waals surface area contributed by atoms with Crippen molar-refractivity contribution in [1.29, 1.82) is 0 Å². The maximum absolute atomic E-state index is 9.70. The van der Waals surface area contributed by atoms with E-state index in [1.54, 1.807) is 0 Å². The van der Waals surface area contributed by atoms with Crippen LogP contribution in [0.3, 0.4) is 0 Å². The minimum Gasteiger partial charge on any atom is -0.394 e. The summed E-state index contributed by atoms with van der Waals surface area (Å²) < 4.78 is 0. The fourth-order valence-corrected chi connectivity index (χ4v) is 4.60. The van der Waals surface area contributed by atoms with Crippen molar-refractivity contribution in [3.63, 3.8) is 0 Å². The Hall–Kier alpha value is -0.120. The van der Waals surface area contributed by atoms with Gasteiger partial charge < -0.3 is 10.4 Å². The molecule has 1 saturated carbocycles. The van der Waals surface area contributed by atoms with Gasteiger partial charge in [0.05, 0.1) is 6.61 Å². The van der Waals surface area contributed by atoms with Crippen molar-refractivity contribution >= 4 is 0 Å². The van der Waals surface area contributed by atoms with Gasteiger partial charge in [0.2, 0.25) is 0 Å². The molecule has 0 bridgehead atoms. The first-order chi connectivity index (χ1) is 9.59. The monoisotopic (exact) mass is 282 g/mol. The van der Waals surface area contributed by atoms with E-state index in [0.717, 1.165) is 24.9 Å². The molecule has 0 aromatic heterocycles. The van der Waals surface area contributed by atoms with Gasteiger partial charge in [0.1, 0.15) is 0 Å². The van der Waals surface area contributed by atoms with Crippen LogP contribution in [-0.2, 0) is 0 Å². The molecule has 3 nitrogen and oxygen atoms in total. The molecule has 3 unspecified atom stereocenters. The molecule has 0 amide bonds. The molecule has 3 atom stereocenters. The van der Waals surface area contributed by atoms with Crippen molar-refractivity contribution in [3.05, 3.63) is 0 Å². The van der Waals surface area contributed by atoms with Crippen LogP contribution >= 0.6 is 0 Å². The van der Waals surface area contributed by atoms with Gasteiger partial charge in [0.15, 0.2) is 0 Å². The van der Waals surface area contributed by atoms with Crippen molar-refractivity contribution in [1.82, 2.24) is 10.2 Å². The van der Waals surface area contributed by atoms with Crippen LogP contribution in [0.25, 0.3) is 0 Å². The summed E-state index contributed by atoms with van der Waals surface area (Å²) in [6, 6.07) is 1.39. The minimum absolute atomic E-state index is 0.128. The largest absolute Gasteiger partial charge is 0.394 e. The number of aliphatic hydroxyl groups excluding tert-OH is 1. The Morgan fingerprint density at radius 2 is 1.95 bits per heavy atom. The zero-order valence-corrected chi connectivity index (χ0v) is 13.7. The van der Waals surface area contributed by atoms with Gasteiger partial charge in [-0.3, -0.25) is 4.90 Å². The number of likely N-dealkylation sites (N-methyl/N-ethyl adjacent to an activating group) is 1. The van der Waals surface area contributed by atoms with Crippen LogP contribution in [0.4, 0.5) is 0 Å². The lowest BCUT2D eigenvalue weighted by Gasteiger charge is -2.39. The third kappa shape index (κ3) is 3.75. The standard InChI is InChI=1S/C17H34N2O/c1-4-18-17(3,13-20)12-14(2)19-11-7-10-16(19)15-8-5-6-9-15/h14-16,18,20H,4-13H2,1-3H3. The topological polar surface area (TPSA) is 35.5 Å². The van der Waals surface area contributed by atoms with Crippen LogP contribution in [-0.4, -0.2) is 47.3 Å². The van der Waals surface area contributed by atoms with Crippen LogP contribution < -0.4 is 5.32 Å². The molecule has 3 heteroatoms. The molecule has 0 aromatic rings. The van der Waals surface area contributed by atoms with Crippen LogP contribution in [0.15, 0.2) is 0 Å². The highest BCUT2D eigenvalue weighted by atomic mass is 16.3. The molecular formula is C17H34N2O. The number of nitrogens with zero attached hydrogens (tertiary/aromatic N) is 1. The molecule has 2 fully saturated rings. The lowest BCUT2D eigenvalue weighted by Crippen LogP contribution is -2.52. The zero-order chi connectivity index (χ0) is 14.6. The predicted octanol–water partition coefficient (Wildman–Crippen LogP) is 2.78. The molecule has 118 valence electrons. The molecule has 20 heavy (non-hydrogen) atoms. The van der Waals surface area contributed by atoms with E-state index in [1.807, 2.05) is 0 Å². The number of likely N-dealkylation sites (tertiary alicyclic amines) is 1. The molecule has 0 aromatic carbocycles. The van der Waals surface area contributed by atoms with E-state index >= 15 is 0 Å². The second-order valence-corrected chi connectivity index (χ2v) is 7.29. The molecule has 2 rings (SSSR count). The number of hydrogen-bond acceptors (Lipinski definition) is 3. The van der Waals surface area contributed by atoms with E-state index in [1.165, 1.54) is 45.1 Å². The average molecular weight is 282 g/mol. The van der Waals surface area contributed by atoms with E-state index in [2.05, 4.69) is 31.0 Å². The first-order valence-corrected chi connectivity index (χ1v) is 8.71. The molecule has 0 radical (unpaired) electrons. The van der Waals surface area contributed by atoms with Gasteiger partial charge in [-0.2, -0.15) is 0 Å². The van der Waals surface area contributed by atoms with Crippen molar-refractivity contribution < 1.29 is 5.11 Å². The number of hydrogen-bond donors (Lipinski definition) is 2. The Morgan fingerprint density at radius 3 is 2.55 bits per heavy atom. The predicted molar refractivity (Wildman–Crippen MR) is 84.9 cm³/mol. The molecule has 1 aliphatic carbocycles. The molecule has 2 N–H and O–H groups in total. The highest BCUT2D eigenvalue weighted by molar-refractivity contribution is 4.93. The molecule has 1 saturated heterocycles. The summed E-state index contributed by atoms with van der Waals surface area (Å²) in [6.07, 6.45) is 9.57. The molecule has 1 heterocycles. The van der Waals surface area contributed by atoms with Crippen LogP contribution in [0.5, 0.6) is 0 Å². The minimum atomic E-state index is -0.128. The van der Waals surface area contributed by atoms with E-state index in [0.29, 0.717) is 6.04 Å². The first kappa shape index (κ1) is 16.3. The fraction of sp³-hybridized carbons (Fsp3) is 1.00. The summed E-state index contributed by atoms with van der Waals surface area (Å²) in [5.41, 5.74) is -0.128. The van der Waals surface area contributed by atoms with Crippen molar-refractivity contribution in [2.24, 2.45) is 5.92 Å².